The molecule has 0 N–H and O–H groups in total. The second-order valence-corrected chi connectivity index (χ2v) is 15.1. The fraction of sp³-hybridized carbons (Fsp3) is 0.576. The number of para-hydroxylation sites is 1. The molecule has 2 aromatic heterocycles. The van der Waals surface area contributed by atoms with Gasteiger partial charge in [0.2, 0.25) is 0 Å². The molecule has 0 aliphatic carbocycles. The summed E-state index contributed by atoms with van der Waals surface area (Å²) in [5, 5.41) is 6.05. The summed E-state index contributed by atoms with van der Waals surface area (Å²) >= 11 is 1.68. The van der Waals surface area contributed by atoms with Crippen LogP contribution >= 0.6 is 11.8 Å². The van der Waals surface area contributed by atoms with Crippen molar-refractivity contribution in [3.8, 4) is 0 Å². The van der Waals surface area contributed by atoms with Crippen LogP contribution in [0, 0.1) is 0 Å². The molecule has 2 amide bonds. The van der Waals surface area contributed by atoms with Crippen LogP contribution in [-0.2, 0) is 16.0 Å². The number of benzene rings is 1. The van der Waals surface area contributed by atoms with Gasteiger partial charge in [-0.05, 0) is 78.0 Å². The molecule has 1 saturated heterocycles. The summed E-state index contributed by atoms with van der Waals surface area (Å²) in [6.45, 7) is 17.0. The van der Waals surface area contributed by atoms with Gasteiger partial charge in [0.05, 0.1) is 24.1 Å². The van der Waals surface area contributed by atoms with Gasteiger partial charge in [-0.25, -0.2) is 19.1 Å². The van der Waals surface area contributed by atoms with E-state index in [1.807, 2.05) is 102 Å². The van der Waals surface area contributed by atoms with Gasteiger partial charge in [0, 0.05) is 38.1 Å². The minimum Gasteiger partial charge on any atom is -0.444 e. The molecular weight excluding hydrogens is 576 g/mol. The molecule has 0 unspecified atom stereocenters. The number of rotatable bonds is 7. The van der Waals surface area contributed by atoms with Gasteiger partial charge in [-0.1, -0.05) is 32.0 Å². The van der Waals surface area contributed by atoms with Crippen LogP contribution in [0.3, 0.4) is 0 Å². The van der Waals surface area contributed by atoms with Crippen LogP contribution in [-0.4, -0.2) is 75.3 Å². The summed E-state index contributed by atoms with van der Waals surface area (Å²) < 4.78 is 13.4. The maximum Gasteiger partial charge on any atom is 0.415 e. The average molecular weight is 625 g/mol. The van der Waals surface area contributed by atoms with Crippen molar-refractivity contribution in [3.63, 3.8) is 0 Å². The Labute approximate surface area is 266 Å². The highest BCUT2D eigenvalue weighted by atomic mass is 32.2. The molecule has 3 aromatic rings. The lowest BCUT2D eigenvalue weighted by molar-refractivity contribution is 0.0219. The molecule has 0 atom stereocenters. The molecule has 0 saturated carbocycles. The Hall–Kier alpha value is -3.47. The Morgan fingerprint density at radius 2 is 1.64 bits per heavy atom. The normalized spacial score (nSPS) is 14.7. The van der Waals surface area contributed by atoms with Crippen LogP contribution in [0.5, 0.6) is 0 Å². The van der Waals surface area contributed by atoms with Gasteiger partial charge in [0.15, 0.2) is 5.65 Å². The summed E-state index contributed by atoms with van der Waals surface area (Å²) in [5.41, 5.74) is 3.00. The maximum atomic E-state index is 13.9. The van der Waals surface area contributed by atoms with Crippen molar-refractivity contribution in [1.82, 2.24) is 19.5 Å². The fourth-order valence-corrected chi connectivity index (χ4v) is 6.16. The average Bonchev–Trinajstić information content (AvgIpc) is 3.34. The van der Waals surface area contributed by atoms with Crippen LogP contribution in [0.15, 0.2) is 41.6 Å². The predicted octanol–water partition coefficient (Wildman–Crippen LogP) is 7.35. The van der Waals surface area contributed by atoms with E-state index in [0.717, 1.165) is 34.8 Å². The quantitative estimate of drug-likeness (QED) is 0.269. The standard InChI is InChI=1S/C33H48N6O4S/c1-22(2)27-20-34-29-26(38(31(41)43-33(6,7)8)21-23-13-11-12-14-25(23)36(9)10)19-28(35-39(27)29)44-24-15-17-37(18-16-24)30(40)42-32(3,4)5/h11-14,19-20,22,24H,15-18,21H2,1-10H3. The summed E-state index contributed by atoms with van der Waals surface area (Å²) in [5.74, 6) is 0.173. The van der Waals surface area contributed by atoms with Crippen molar-refractivity contribution in [2.75, 3.05) is 37.0 Å². The van der Waals surface area contributed by atoms with Gasteiger partial charge < -0.3 is 19.3 Å². The van der Waals surface area contributed by atoms with E-state index in [1.54, 1.807) is 21.6 Å². The van der Waals surface area contributed by atoms with E-state index < -0.39 is 17.3 Å². The maximum absolute atomic E-state index is 13.9. The highest BCUT2D eigenvalue weighted by Crippen LogP contribution is 2.35. The lowest BCUT2D eigenvalue weighted by Crippen LogP contribution is -2.42. The summed E-state index contributed by atoms with van der Waals surface area (Å²) in [6, 6.07) is 10.0. The van der Waals surface area contributed by atoms with E-state index >= 15 is 0 Å². The third-order valence-corrected chi connectivity index (χ3v) is 8.38. The van der Waals surface area contributed by atoms with E-state index in [4.69, 9.17) is 19.6 Å². The Balaban J connectivity index is 1.71. The van der Waals surface area contributed by atoms with E-state index in [9.17, 15) is 9.59 Å². The number of nitrogens with zero attached hydrogens (tertiary/aromatic N) is 6. The first-order valence-electron chi connectivity index (χ1n) is 15.3. The van der Waals surface area contributed by atoms with E-state index in [2.05, 4.69) is 13.8 Å². The summed E-state index contributed by atoms with van der Waals surface area (Å²) in [6.07, 6.45) is 2.74. The number of carbonyl (C=O) groups is 2. The lowest BCUT2D eigenvalue weighted by atomic mass is 10.1. The zero-order valence-corrected chi connectivity index (χ0v) is 28.7. The molecular formula is C33H48N6O4S. The summed E-state index contributed by atoms with van der Waals surface area (Å²) in [4.78, 5) is 36.8. The number of fused-ring (bicyclic) bond motifs is 1. The van der Waals surface area contributed by atoms with Crippen molar-refractivity contribution >= 4 is 41.0 Å². The number of anilines is 2. The molecule has 1 aliphatic heterocycles. The van der Waals surface area contributed by atoms with Crippen LogP contribution in [0.25, 0.3) is 5.65 Å². The van der Waals surface area contributed by atoms with Crippen molar-refractivity contribution in [3.05, 3.63) is 47.8 Å². The number of piperidine rings is 1. The van der Waals surface area contributed by atoms with E-state index in [1.165, 1.54) is 0 Å². The van der Waals surface area contributed by atoms with Gasteiger partial charge in [-0.3, -0.25) is 4.90 Å². The molecule has 1 fully saturated rings. The zero-order valence-electron chi connectivity index (χ0n) is 27.9. The van der Waals surface area contributed by atoms with Gasteiger partial charge in [-0.15, -0.1) is 11.8 Å². The van der Waals surface area contributed by atoms with E-state index in [-0.39, 0.29) is 17.3 Å². The van der Waals surface area contributed by atoms with Gasteiger partial charge >= 0.3 is 12.2 Å². The molecule has 1 aromatic carbocycles. The van der Waals surface area contributed by atoms with Gasteiger partial charge in [0.25, 0.3) is 0 Å². The number of amides is 2. The molecule has 11 heteroatoms. The third-order valence-electron chi connectivity index (χ3n) is 7.13. The minimum atomic E-state index is -0.683. The molecule has 0 spiro atoms. The number of hydrogen-bond donors (Lipinski definition) is 0. The molecule has 4 rings (SSSR count). The van der Waals surface area contributed by atoms with Crippen LogP contribution < -0.4 is 9.80 Å². The molecule has 10 nitrogen and oxygen atoms in total. The Morgan fingerprint density at radius 3 is 2.23 bits per heavy atom. The van der Waals surface area contributed by atoms with Crippen molar-refractivity contribution in [2.45, 2.75) is 102 Å². The molecule has 1 aliphatic rings. The van der Waals surface area contributed by atoms with Gasteiger partial charge in [-0.2, -0.15) is 5.10 Å². The first-order chi connectivity index (χ1) is 20.5. The molecule has 44 heavy (non-hydrogen) atoms. The van der Waals surface area contributed by atoms with Crippen LogP contribution in [0.1, 0.15) is 85.4 Å². The smallest absolute Gasteiger partial charge is 0.415 e. The molecule has 3 heterocycles. The highest BCUT2D eigenvalue weighted by Gasteiger charge is 2.31. The second kappa shape index (κ2) is 13.3. The molecule has 240 valence electrons. The molecule has 0 radical (unpaired) electrons. The second-order valence-electron chi connectivity index (χ2n) is 13.8. The first kappa shape index (κ1) is 33.4. The van der Waals surface area contributed by atoms with Crippen molar-refractivity contribution in [2.24, 2.45) is 0 Å². The summed E-state index contributed by atoms with van der Waals surface area (Å²) in [7, 11) is 3.99. The van der Waals surface area contributed by atoms with Crippen molar-refractivity contribution < 1.29 is 19.1 Å². The molecule has 0 bridgehead atoms. The lowest BCUT2D eigenvalue weighted by Gasteiger charge is -2.33. The number of ether oxygens (including phenoxy) is 2. The van der Waals surface area contributed by atoms with E-state index in [0.29, 0.717) is 31.0 Å². The highest BCUT2D eigenvalue weighted by molar-refractivity contribution is 7.99. The monoisotopic (exact) mass is 624 g/mol. The zero-order chi connectivity index (χ0) is 32.4. The Morgan fingerprint density at radius 1 is 1.00 bits per heavy atom. The fourth-order valence-electron chi connectivity index (χ4n) is 5.07. The van der Waals surface area contributed by atoms with Crippen LogP contribution in [0.4, 0.5) is 21.0 Å². The minimum absolute atomic E-state index is 0.173. The number of likely N-dealkylation sites (tertiary alicyclic amines) is 1. The Bertz CT molecular complexity index is 1470. The largest absolute Gasteiger partial charge is 0.444 e. The SMILES string of the molecule is CC(C)c1cnc2c(N(Cc3ccccc3N(C)C)C(=O)OC(C)(C)C)cc(SC3CCN(C(=O)OC(C)(C)C)CC3)nn12. The third kappa shape index (κ3) is 8.37. The number of imidazole rings is 1. The van der Waals surface area contributed by atoms with Crippen LogP contribution in [0.2, 0.25) is 0 Å². The topological polar surface area (TPSA) is 92.5 Å². The number of hydrogen-bond acceptors (Lipinski definition) is 8. The Kier molecular flexibility index (Phi) is 10.1. The van der Waals surface area contributed by atoms with Crippen molar-refractivity contribution in [1.29, 1.82) is 0 Å². The number of thioether (sulfide) groups is 1. The number of carbonyl (C=O) groups excluding carboxylic acids is 2. The predicted molar refractivity (Wildman–Crippen MR) is 177 cm³/mol. The van der Waals surface area contributed by atoms with Gasteiger partial charge in [0.1, 0.15) is 16.2 Å². The first-order valence-corrected chi connectivity index (χ1v) is 16.2. The number of aromatic nitrogens is 3.